The molecule has 0 radical (unpaired) electrons. The van der Waals surface area contributed by atoms with Gasteiger partial charge in [0.1, 0.15) is 0 Å². The van der Waals surface area contributed by atoms with Crippen molar-refractivity contribution in [3.63, 3.8) is 0 Å². The van der Waals surface area contributed by atoms with Crippen LogP contribution in [0.4, 0.5) is 0 Å². The molecule has 0 atom stereocenters. The molecule has 0 saturated carbocycles. The summed E-state index contributed by atoms with van der Waals surface area (Å²) in [5, 5.41) is 0. The maximum atomic E-state index is 7.23. The maximum Gasteiger partial charge on any atom is 0.324 e. The van der Waals surface area contributed by atoms with Gasteiger partial charge in [0.25, 0.3) is 0 Å². The molecule has 0 aliphatic carbocycles. The number of unbranched alkanes of at least 4 members (excludes halogenated alkanes) is 9. The normalized spacial score (nSPS) is 9.53. The molecule has 104 valence electrons. The molecule has 0 aromatic carbocycles. The molecule has 0 aromatic heterocycles. The second-order valence-electron chi connectivity index (χ2n) is 3.95. The first-order valence-electron chi connectivity index (χ1n) is 6.31. The summed E-state index contributed by atoms with van der Waals surface area (Å²) >= 11 is 0. The summed E-state index contributed by atoms with van der Waals surface area (Å²) in [6, 6.07) is 0. The number of hydrogen-bond acceptors (Lipinski definition) is 3. The van der Waals surface area contributed by atoms with Gasteiger partial charge in [-0.15, -0.1) is 0 Å². The van der Waals surface area contributed by atoms with Crippen LogP contribution >= 0.6 is 8.60 Å². The fourth-order valence-corrected chi connectivity index (χ4v) is 1.49. The maximum absolute atomic E-state index is 7.23. The number of hydrogen-bond donors (Lipinski definition) is 3. The summed E-state index contributed by atoms with van der Waals surface area (Å²) in [6.07, 6.45) is 13.9. The van der Waals surface area contributed by atoms with E-state index in [4.69, 9.17) is 14.7 Å². The van der Waals surface area contributed by atoms with Gasteiger partial charge < -0.3 is 21.6 Å². The molecule has 0 spiro atoms. The summed E-state index contributed by atoms with van der Waals surface area (Å²) in [7, 11) is -2.62. The van der Waals surface area contributed by atoms with Gasteiger partial charge in [0.2, 0.25) is 0 Å². The van der Waals surface area contributed by atoms with Crippen LogP contribution in [0.2, 0.25) is 0 Å². The molecule has 0 aliphatic heterocycles. The molecular formula is C12H28O3PTi-. The van der Waals surface area contributed by atoms with Crippen LogP contribution in [-0.4, -0.2) is 14.7 Å². The van der Waals surface area contributed by atoms with Gasteiger partial charge in [-0.2, -0.15) is 6.42 Å². The predicted octanol–water partition coefficient (Wildman–Crippen LogP) is 3.93. The van der Waals surface area contributed by atoms with Gasteiger partial charge >= 0.3 is 8.60 Å². The Hall–Kier alpha value is 1.02. The van der Waals surface area contributed by atoms with Crippen LogP contribution in [0.25, 0.3) is 0 Å². The molecule has 0 bridgehead atoms. The second kappa shape index (κ2) is 22.2. The van der Waals surface area contributed by atoms with E-state index >= 15 is 0 Å². The molecule has 3 nitrogen and oxygen atoms in total. The third-order valence-corrected chi connectivity index (χ3v) is 2.35. The summed E-state index contributed by atoms with van der Waals surface area (Å²) in [6.45, 7) is 6.12. The Morgan fingerprint density at radius 1 is 0.765 bits per heavy atom. The molecule has 5 heteroatoms. The Bertz CT molecular complexity index is 103. The average molecular weight is 299 g/mol. The van der Waals surface area contributed by atoms with Gasteiger partial charge in [-0.05, 0) is 0 Å². The topological polar surface area (TPSA) is 60.7 Å². The van der Waals surface area contributed by atoms with Crippen molar-refractivity contribution < 1.29 is 36.4 Å². The van der Waals surface area contributed by atoms with Crippen LogP contribution in [0.1, 0.15) is 71.1 Å². The third-order valence-electron chi connectivity index (χ3n) is 2.35. The van der Waals surface area contributed by atoms with Gasteiger partial charge in [0, 0.05) is 21.7 Å². The Morgan fingerprint density at radius 3 is 1.35 bits per heavy atom. The molecule has 0 unspecified atom stereocenters. The Balaban J connectivity index is -0.000000340. The fraction of sp³-hybridized carbons (Fsp3) is 0.917. The molecule has 0 saturated heterocycles. The van der Waals surface area contributed by atoms with E-state index < -0.39 is 8.60 Å². The predicted molar refractivity (Wildman–Crippen MR) is 70.8 cm³/mol. The van der Waals surface area contributed by atoms with E-state index in [0.29, 0.717) is 0 Å². The zero-order chi connectivity index (χ0) is 12.6. The van der Waals surface area contributed by atoms with E-state index in [1.165, 1.54) is 57.8 Å². The second-order valence-corrected chi connectivity index (χ2v) is 4.49. The van der Waals surface area contributed by atoms with E-state index in [2.05, 4.69) is 13.8 Å². The van der Waals surface area contributed by atoms with Crippen molar-refractivity contribution in [3.05, 3.63) is 6.92 Å². The first-order chi connectivity index (χ1) is 7.65. The molecule has 0 amide bonds. The summed E-state index contributed by atoms with van der Waals surface area (Å²) in [4.78, 5) is 21.7. The minimum atomic E-state index is -2.62. The monoisotopic (exact) mass is 299 g/mol. The van der Waals surface area contributed by atoms with Gasteiger partial charge in [-0.25, -0.2) is 0 Å². The van der Waals surface area contributed by atoms with Crippen molar-refractivity contribution >= 4 is 8.60 Å². The van der Waals surface area contributed by atoms with E-state index in [0.717, 1.165) is 6.42 Å². The van der Waals surface area contributed by atoms with Crippen molar-refractivity contribution in [3.8, 4) is 0 Å². The van der Waals surface area contributed by atoms with E-state index in [9.17, 15) is 0 Å². The quantitative estimate of drug-likeness (QED) is 0.262. The largest absolute Gasteiger partial charge is 0.343 e. The van der Waals surface area contributed by atoms with Crippen LogP contribution in [-0.2, 0) is 21.7 Å². The van der Waals surface area contributed by atoms with Crippen LogP contribution in [0.3, 0.4) is 0 Å². The van der Waals surface area contributed by atoms with Crippen LogP contribution in [0.5, 0.6) is 0 Å². The van der Waals surface area contributed by atoms with Gasteiger partial charge in [0.05, 0.1) is 0 Å². The van der Waals surface area contributed by atoms with Gasteiger partial charge in [0.15, 0.2) is 0 Å². The molecule has 17 heavy (non-hydrogen) atoms. The van der Waals surface area contributed by atoms with Gasteiger partial charge in [-0.1, -0.05) is 64.7 Å². The van der Waals surface area contributed by atoms with Crippen molar-refractivity contribution in [2.45, 2.75) is 71.1 Å². The molecule has 3 N–H and O–H groups in total. The van der Waals surface area contributed by atoms with E-state index in [-0.39, 0.29) is 21.7 Å². The molecular weight excluding hydrogens is 271 g/mol. The Morgan fingerprint density at radius 2 is 1.06 bits per heavy atom. The van der Waals surface area contributed by atoms with E-state index in [1.54, 1.807) is 0 Å². The minimum Gasteiger partial charge on any atom is -0.343 e. The molecule has 0 fully saturated rings. The first-order valence-corrected chi connectivity index (χ1v) is 7.51. The third kappa shape index (κ3) is 38.2. The van der Waals surface area contributed by atoms with Crippen molar-refractivity contribution in [2.75, 3.05) is 0 Å². The zero-order valence-corrected chi connectivity index (χ0v) is 13.5. The van der Waals surface area contributed by atoms with E-state index in [1.807, 2.05) is 0 Å². The summed E-state index contributed by atoms with van der Waals surface area (Å²) in [5.41, 5.74) is 0. The fourth-order valence-electron chi connectivity index (χ4n) is 1.49. The minimum absolute atomic E-state index is 0. The van der Waals surface area contributed by atoms with Crippen LogP contribution in [0.15, 0.2) is 0 Å². The number of rotatable bonds is 9. The average Bonchev–Trinajstić information content (AvgIpc) is 2.21. The standard InChI is InChI=1S/C12H25.H3O3P.Ti/c1-3-5-7-9-11-12-10-8-6-4-2;1-4(2)3;/h1,3-12H2,2H3;1-3H;/q-1;;. The zero-order valence-electron chi connectivity index (χ0n) is 11.1. The summed E-state index contributed by atoms with van der Waals surface area (Å²) in [5.74, 6) is 0. The smallest absolute Gasteiger partial charge is 0.324 e. The van der Waals surface area contributed by atoms with Crippen molar-refractivity contribution in [1.82, 2.24) is 0 Å². The summed E-state index contributed by atoms with van der Waals surface area (Å²) < 4.78 is 0. The van der Waals surface area contributed by atoms with Crippen LogP contribution < -0.4 is 0 Å². The van der Waals surface area contributed by atoms with Crippen molar-refractivity contribution in [2.24, 2.45) is 0 Å². The molecule has 0 heterocycles. The Kier molecular flexibility index (Phi) is 30.3. The van der Waals surface area contributed by atoms with Gasteiger partial charge in [-0.3, -0.25) is 0 Å². The molecule has 0 aliphatic rings. The van der Waals surface area contributed by atoms with Crippen LogP contribution in [0, 0.1) is 6.92 Å². The first kappa shape index (κ1) is 23.1. The molecule has 0 rings (SSSR count). The SMILES string of the molecule is OP(O)O.[CH2-]CCCCCCCCCCC.[Ti]. The molecule has 0 aromatic rings. The Labute approximate surface area is 123 Å². The van der Waals surface area contributed by atoms with Crippen molar-refractivity contribution in [1.29, 1.82) is 0 Å².